The number of nitrogens with one attached hydrogen (secondary N) is 2. The van der Waals surface area contributed by atoms with Gasteiger partial charge in [0.1, 0.15) is 0 Å². The van der Waals surface area contributed by atoms with E-state index in [1.54, 1.807) is 0 Å². The molecule has 4 heteroatoms. The Morgan fingerprint density at radius 2 is 2.12 bits per heavy atom. The van der Waals surface area contributed by atoms with Crippen molar-refractivity contribution < 1.29 is 4.79 Å². The molecule has 0 bridgehead atoms. The van der Waals surface area contributed by atoms with Crippen molar-refractivity contribution in [3.8, 4) is 0 Å². The molecule has 17 heavy (non-hydrogen) atoms. The quantitative estimate of drug-likeness (QED) is 0.660. The van der Waals surface area contributed by atoms with E-state index in [9.17, 15) is 4.79 Å². The number of hydrogen-bond acceptors (Lipinski definition) is 3. The second-order valence-corrected chi connectivity index (χ2v) is 4.10. The van der Waals surface area contributed by atoms with E-state index in [1.165, 1.54) is 0 Å². The molecule has 1 aromatic rings. The topological polar surface area (TPSA) is 67.2 Å². The predicted octanol–water partition coefficient (Wildman–Crippen LogP) is 1.91. The van der Waals surface area contributed by atoms with E-state index in [-0.39, 0.29) is 5.91 Å². The van der Waals surface area contributed by atoms with Gasteiger partial charge in [-0.05, 0) is 31.0 Å². The number of benzene rings is 1. The largest absolute Gasteiger partial charge is 0.399 e. The fraction of sp³-hybridized carbons (Fsp3) is 0.462. The number of hydrogen-bond donors (Lipinski definition) is 3. The van der Waals surface area contributed by atoms with Crippen molar-refractivity contribution in [2.45, 2.75) is 26.7 Å². The van der Waals surface area contributed by atoms with Gasteiger partial charge in [-0.1, -0.05) is 13.0 Å². The van der Waals surface area contributed by atoms with Gasteiger partial charge in [-0.2, -0.15) is 0 Å². The molecular formula is C13H21N3O. The van der Waals surface area contributed by atoms with Crippen molar-refractivity contribution in [3.05, 3.63) is 23.8 Å². The summed E-state index contributed by atoms with van der Waals surface area (Å²) >= 11 is 0. The normalized spacial score (nSPS) is 10.0. The van der Waals surface area contributed by atoms with Crippen molar-refractivity contribution in [3.63, 3.8) is 0 Å². The molecule has 0 aliphatic heterocycles. The van der Waals surface area contributed by atoms with E-state index >= 15 is 0 Å². The number of amides is 1. The van der Waals surface area contributed by atoms with E-state index in [4.69, 9.17) is 5.73 Å². The molecule has 4 nitrogen and oxygen atoms in total. The first-order chi connectivity index (χ1) is 8.13. The summed E-state index contributed by atoms with van der Waals surface area (Å²) in [6, 6.07) is 5.72. The van der Waals surface area contributed by atoms with Crippen LogP contribution in [0.25, 0.3) is 0 Å². The Bertz CT molecular complexity index is 377. The first-order valence-corrected chi connectivity index (χ1v) is 6.00. The highest BCUT2D eigenvalue weighted by Crippen LogP contribution is 2.17. The summed E-state index contributed by atoms with van der Waals surface area (Å²) in [7, 11) is 0. The SMILES string of the molecule is CCCNC(=O)CCNc1cc(N)ccc1C. The first-order valence-electron chi connectivity index (χ1n) is 6.00. The summed E-state index contributed by atoms with van der Waals surface area (Å²) in [4.78, 5) is 11.4. The lowest BCUT2D eigenvalue weighted by molar-refractivity contribution is -0.120. The van der Waals surface area contributed by atoms with Crippen molar-refractivity contribution in [1.82, 2.24) is 5.32 Å². The maximum Gasteiger partial charge on any atom is 0.221 e. The second-order valence-electron chi connectivity index (χ2n) is 4.10. The molecule has 0 aliphatic rings. The van der Waals surface area contributed by atoms with E-state index in [0.717, 1.165) is 29.9 Å². The van der Waals surface area contributed by atoms with Crippen LogP contribution in [0.15, 0.2) is 18.2 Å². The summed E-state index contributed by atoms with van der Waals surface area (Å²) in [5.41, 5.74) is 8.56. The van der Waals surface area contributed by atoms with Gasteiger partial charge in [0.05, 0.1) is 0 Å². The van der Waals surface area contributed by atoms with Gasteiger partial charge in [0, 0.05) is 30.9 Å². The molecule has 0 saturated carbocycles. The summed E-state index contributed by atoms with van der Waals surface area (Å²) in [5, 5.41) is 6.06. The average molecular weight is 235 g/mol. The minimum Gasteiger partial charge on any atom is -0.399 e. The molecule has 0 saturated heterocycles. The fourth-order valence-electron chi connectivity index (χ4n) is 1.49. The molecule has 1 amide bonds. The minimum absolute atomic E-state index is 0.0842. The molecule has 0 fully saturated rings. The molecule has 0 heterocycles. The lowest BCUT2D eigenvalue weighted by atomic mass is 10.2. The van der Waals surface area contributed by atoms with Gasteiger partial charge in [-0.3, -0.25) is 4.79 Å². The zero-order valence-electron chi connectivity index (χ0n) is 10.5. The van der Waals surface area contributed by atoms with Crippen LogP contribution in [-0.2, 0) is 4.79 Å². The van der Waals surface area contributed by atoms with Crippen LogP contribution < -0.4 is 16.4 Å². The molecule has 0 unspecified atom stereocenters. The average Bonchev–Trinajstić information content (AvgIpc) is 2.31. The maximum atomic E-state index is 11.4. The van der Waals surface area contributed by atoms with Gasteiger partial charge < -0.3 is 16.4 Å². The maximum absolute atomic E-state index is 11.4. The van der Waals surface area contributed by atoms with E-state index in [0.29, 0.717) is 13.0 Å². The Morgan fingerprint density at radius 1 is 1.35 bits per heavy atom. The molecule has 0 radical (unpaired) electrons. The third kappa shape index (κ3) is 4.76. The van der Waals surface area contributed by atoms with Crippen molar-refractivity contribution >= 4 is 17.3 Å². The summed E-state index contributed by atoms with van der Waals surface area (Å²) in [5.74, 6) is 0.0842. The number of anilines is 2. The third-order valence-electron chi connectivity index (χ3n) is 2.50. The van der Waals surface area contributed by atoms with Crippen LogP contribution in [0, 0.1) is 6.92 Å². The van der Waals surface area contributed by atoms with Gasteiger partial charge >= 0.3 is 0 Å². The fourth-order valence-corrected chi connectivity index (χ4v) is 1.49. The molecule has 1 aromatic carbocycles. The highest BCUT2D eigenvalue weighted by atomic mass is 16.1. The van der Waals surface area contributed by atoms with Crippen molar-refractivity contribution in [2.24, 2.45) is 0 Å². The van der Waals surface area contributed by atoms with Crippen LogP contribution in [0.5, 0.6) is 0 Å². The van der Waals surface area contributed by atoms with Gasteiger partial charge in [-0.15, -0.1) is 0 Å². The Kier molecular flexibility index (Phi) is 5.33. The standard InChI is InChI=1S/C13H21N3O/c1-3-7-16-13(17)6-8-15-12-9-11(14)5-4-10(12)2/h4-5,9,15H,3,6-8,14H2,1-2H3,(H,16,17). The lowest BCUT2D eigenvalue weighted by Gasteiger charge is -2.10. The van der Waals surface area contributed by atoms with Gasteiger partial charge in [-0.25, -0.2) is 0 Å². The van der Waals surface area contributed by atoms with Crippen molar-refractivity contribution in [2.75, 3.05) is 24.1 Å². The van der Waals surface area contributed by atoms with Gasteiger partial charge in [0.2, 0.25) is 5.91 Å². The molecule has 4 N–H and O–H groups in total. The van der Waals surface area contributed by atoms with Crippen LogP contribution in [-0.4, -0.2) is 19.0 Å². The first kappa shape index (κ1) is 13.4. The third-order valence-corrected chi connectivity index (χ3v) is 2.50. The highest BCUT2D eigenvalue weighted by Gasteiger charge is 2.01. The van der Waals surface area contributed by atoms with Crippen LogP contribution in [0.1, 0.15) is 25.3 Å². The number of carbonyl (C=O) groups excluding carboxylic acids is 1. The lowest BCUT2D eigenvalue weighted by Crippen LogP contribution is -2.25. The van der Waals surface area contributed by atoms with E-state index in [2.05, 4.69) is 10.6 Å². The number of rotatable bonds is 6. The predicted molar refractivity (Wildman–Crippen MR) is 72.0 cm³/mol. The van der Waals surface area contributed by atoms with E-state index in [1.807, 2.05) is 32.0 Å². The number of nitrogens with two attached hydrogens (primary N) is 1. The van der Waals surface area contributed by atoms with Crippen LogP contribution in [0.2, 0.25) is 0 Å². The Morgan fingerprint density at radius 3 is 2.82 bits per heavy atom. The highest BCUT2D eigenvalue weighted by molar-refractivity contribution is 5.76. The molecule has 0 atom stereocenters. The Hall–Kier alpha value is -1.71. The van der Waals surface area contributed by atoms with Gasteiger partial charge in [0.25, 0.3) is 0 Å². The zero-order chi connectivity index (χ0) is 12.7. The summed E-state index contributed by atoms with van der Waals surface area (Å²) in [6.45, 7) is 5.42. The zero-order valence-corrected chi connectivity index (χ0v) is 10.5. The van der Waals surface area contributed by atoms with Crippen LogP contribution >= 0.6 is 0 Å². The van der Waals surface area contributed by atoms with Crippen molar-refractivity contribution in [1.29, 1.82) is 0 Å². The molecule has 1 rings (SSSR count). The molecule has 0 aliphatic carbocycles. The van der Waals surface area contributed by atoms with Crippen LogP contribution in [0.4, 0.5) is 11.4 Å². The van der Waals surface area contributed by atoms with Crippen LogP contribution in [0.3, 0.4) is 0 Å². The minimum atomic E-state index is 0.0842. The smallest absolute Gasteiger partial charge is 0.221 e. The number of aryl methyl sites for hydroxylation is 1. The molecule has 0 spiro atoms. The molecule has 0 aromatic heterocycles. The summed E-state index contributed by atoms with van der Waals surface area (Å²) in [6.07, 6.45) is 1.45. The van der Waals surface area contributed by atoms with Gasteiger partial charge in [0.15, 0.2) is 0 Å². The second kappa shape index (κ2) is 6.78. The molecule has 94 valence electrons. The summed E-state index contributed by atoms with van der Waals surface area (Å²) < 4.78 is 0. The Labute approximate surface area is 103 Å². The number of nitrogen functional groups attached to an aromatic ring is 1. The monoisotopic (exact) mass is 235 g/mol. The molecular weight excluding hydrogens is 214 g/mol. The number of carbonyl (C=O) groups is 1. The Balaban J connectivity index is 2.35. The van der Waals surface area contributed by atoms with E-state index < -0.39 is 0 Å².